The molecular weight excluding hydrogens is 619 g/mol. The van der Waals surface area contributed by atoms with Crippen LogP contribution < -0.4 is 24.2 Å². The highest BCUT2D eigenvalue weighted by molar-refractivity contribution is 7.99. The first-order valence-electron chi connectivity index (χ1n) is 14.4. The Kier molecular flexibility index (Phi) is 7.82. The van der Waals surface area contributed by atoms with Gasteiger partial charge in [0.15, 0.2) is 11.5 Å². The summed E-state index contributed by atoms with van der Waals surface area (Å²) in [7, 11) is 7.76. The van der Waals surface area contributed by atoms with E-state index in [9.17, 15) is 0 Å². The van der Waals surface area contributed by atoms with Gasteiger partial charge in [0.1, 0.15) is 21.0 Å². The molecule has 0 aliphatic carbocycles. The minimum Gasteiger partial charge on any atom is -0.454 e. The molecule has 1 atom stereocenters. The van der Waals surface area contributed by atoms with Crippen LogP contribution in [-0.4, -0.2) is 86.0 Å². The summed E-state index contributed by atoms with van der Waals surface area (Å²) in [4.78, 5) is 28.4. The maximum absolute atomic E-state index is 6.98. The average Bonchev–Trinajstić information content (AvgIpc) is 3.48. The summed E-state index contributed by atoms with van der Waals surface area (Å²) in [5.41, 5.74) is 4.12. The molecule has 0 spiro atoms. The van der Waals surface area contributed by atoms with Crippen molar-refractivity contribution < 1.29 is 9.47 Å². The third-order valence-corrected chi connectivity index (χ3v) is 9.57. The lowest BCUT2D eigenvalue weighted by Gasteiger charge is -2.38. The summed E-state index contributed by atoms with van der Waals surface area (Å²) in [5.74, 6) is 3.48. The van der Waals surface area contributed by atoms with E-state index in [-0.39, 0.29) is 12.7 Å². The van der Waals surface area contributed by atoms with E-state index in [1.807, 2.05) is 68.3 Å². The molecule has 228 valence electrons. The third kappa shape index (κ3) is 5.47. The van der Waals surface area contributed by atoms with Crippen molar-refractivity contribution in [1.82, 2.24) is 24.8 Å². The number of aromatic nitrogens is 4. The van der Waals surface area contributed by atoms with Gasteiger partial charge in [-0.3, -0.25) is 4.90 Å². The molecule has 4 aromatic rings. The predicted octanol–water partition coefficient (Wildman–Crippen LogP) is 5.40. The first-order chi connectivity index (χ1) is 21.2. The van der Waals surface area contributed by atoms with Crippen molar-refractivity contribution in [2.45, 2.75) is 22.5 Å². The maximum atomic E-state index is 6.98. The zero-order valence-electron chi connectivity index (χ0n) is 24.9. The van der Waals surface area contributed by atoms with Gasteiger partial charge in [-0.25, -0.2) is 15.0 Å². The molecule has 7 rings (SSSR count). The second kappa shape index (κ2) is 11.8. The molecule has 1 unspecified atom stereocenters. The molecule has 2 aromatic heterocycles. The summed E-state index contributed by atoms with van der Waals surface area (Å²) >= 11 is 14.8. The lowest BCUT2D eigenvalue weighted by Crippen LogP contribution is -2.47. The first kappa shape index (κ1) is 29.2. The van der Waals surface area contributed by atoms with Crippen molar-refractivity contribution >= 4 is 52.7 Å². The lowest BCUT2D eigenvalue weighted by molar-refractivity contribution is 0.174. The van der Waals surface area contributed by atoms with E-state index in [2.05, 4.69) is 26.9 Å². The molecular formula is C31H32Cl2N8O2S. The van der Waals surface area contributed by atoms with Crippen LogP contribution in [-0.2, 0) is 6.54 Å². The molecule has 5 heterocycles. The molecule has 0 saturated carbocycles. The maximum Gasteiger partial charge on any atom is 0.231 e. The Hall–Kier alpha value is -3.51. The molecule has 0 radical (unpaired) electrons. The fourth-order valence-electron chi connectivity index (χ4n) is 5.77. The normalized spacial score (nSPS) is 17.3. The molecule has 0 amide bonds. The topological polar surface area (TPSA) is 83.0 Å². The van der Waals surface area contributed by atoms with Crippen LogP contribution in [0, 0.1) is 0 Å². The van der Waals surface area contributed by atoms with Gasteiger partial charge in [-0.2, -0.15) is 4.98 Å². The van der Waals surface area contributed by atoms with Gasteiger partial charge in [0.05, 0.1) is 0 Å². The van der Waals surface area contributed by atoms with E-state index in [1.54, 1.807) is 0 Å². The number of rotatable bonds is 6. The van der Waals surface area contributed by atoms with E-state index in [0.29, 0.717) is 22.1 Å². The molecule has 3 aliphatic rings. The Bertz CT molecular complexity index is 1710. The van der Waals surface area contributed by atoms with Crippen LogP contribution in [0.25, 0.3) is 0 Å². The highest BCUT2D eigenvalue weighted by Gasteiger charge is 2.38. The first-order valence-corrected chi connectivity index (χ1v) is 16.0. The van der Waals surface area contributed by atoms with E-state index in [1.165, 1.54) is 17.3 Å². The molecule has 3 aliphatic heterocycles. The molecule has 0 N–H and O–H groups in total. The number of anilines is 3. The van der Waals surface area contributed by atoms with Crippen molar-refractivity contribution in [3.8, 4) is 11.5 Å². The van der Waals surface area contributed by atoms with Crippen molar-refractivity contribution in [2.75, 3.05) is 75.9 Å². The van der Waals surface area contributed by atoms with Crippen LogP contribution in [0.1, 0.15) is 28.2 Å². The van der Waals surface area contributed by atoms with Crippen molar-refractivity contribution in [3.63, 3.8) is 0 Å². The molecule has 2 aromatic carbocycles. The van der Waals surface area contributed by atoms with E-state index in [0.717, 1.165) is 76.8 Å². The Morgan fingerprint density at radius 3 is 2.16 bits per heavy atom. The number of fused-ring (bicyclic) bond motifs is 3. The van der Waals surface area contributed by atoms with Crippen LogP contribution in [0.5, 0.6) is 11.5 Å². The predicted molar refractivity (Wildman–Crippen MR) is 174 cm³/mol. The number of piperazine rings is 1. The number of halogens is 2. The molecule has 0 bridgehead atoms. The SMILES string of the molecule is CN(C)c1nc(Cl)c2c(n1)Sc1nc(N(C)C)nc(N3CCN(Cc4ccc5c(c4)OCO5)CC3)c1C2c1ccc(Cl)cc1. The van der Waals surface area contributed by atoms with Crippen LogP contribution in [0.3, 0.4) is 0 Å². The van der Waals surface area contributed by atoms with E-state index >= 15 is 0 Å². The quantitative estimate of drug-likeness (QED) is 0.222. The average molecular weight is 652 g/mol. The fraction of sp³-hybridized carbons (Fsp3) is 0.355. The van der Waals surface area contributed by atoms with Gasteiger partial charge in [-0.1, -0.05) is 41.4 Å². The van der Waals surface area contributed by atoms with Gasteiger partial charge >= 0.3 is 0 Å². The molecule has 1 fully saturated rings. The van der Waals surface area contributed by atoms with Gasteiger partial charge in [0.2, 0.25) is 18.7 Å². The van der Waals surface area contributed by atoms with Gasteiger partial charge in [0.25, 0.3) is 0 Å². The van der Waals surface area contributed by atoms with Crippen LogP contribution >= 0.6 is 35.0 Å². The van der Waals surface area contributed by atoms with Gasteiger partial charge in [-0.05, 0) is 47.2 Å². The Labute approximate surface area is 270 Å². The number of ether oxygens (including phenoxy) is 2. The van der Waals surface area contributed by atoms with Crippen LogP contribution in [0.15, 0.2) is 52.5 Å². The van der Waals surface area contributed by atoms with Crippen LogP contribution in [0.4, 0.5) is 17.7 Å². The summed E-state index contributed by atoms with van der Waals surface area (Å²) in [6, 6.07) is 14.1. The van der Waals surface area contributed by atoms with E-state index in [4.69, 9.17) is 47.6 Å². The Morgan fingerprint density at radius 1 is 0.795 bits per heavy atom. The summed E-state index contributed by atoms with van der Waals surface area (Å²) < 4.78 is 11.1. The lowest BCUT2D eigenvalue weighted by atomic mass is 9.86. The second-order valence-electron chi connectivity index (χ2n) is 11.4. The minimum absolute atomic E-state index is 0.264. The fourth-order valence-corrected chi connectivity index (χ4v) is 7.31. The monoisotopic (exact) mass is 650 g/mol. The molecule has 13 heteroatoms. The smallest absolute Gasteiger partial charge is 0.231 e. The third-order valence-electron chi connectivity index (χ3n) is 8.02. The number of nitrogens with zero attached hydrogens (tertiary/aromatic N) is 8. The van der Waals surface area contributed by atoms with Crippen molar-refractivity contribution in [1.29, 1.82) is 0 Å². The summed E-state index contributed by atoms with van der Waals surface area (Å²) in [6.45, 7) is 4.52. The standard InChI is InChI=1S/C31H32Cl2N8O2S/c1-38(2)30-34-26(33)24-23(19-6-8-20(32)9-7-19)25-27(35-31(39(3)4)37-29(25)44-28(24)36-30)41-13-11-40(12-14-41)16-18-5-10-21-22(15-18)43-17-42-21/h5-10,15,23H,11-14,16-17H2,1-4H3. The van der Waals surface area contributed by atoms with Crippen molar-refractivity contribution in [2.24, 2.45) is 0 Å². The summed E-state index contributed by atoms with van der Waals surface area (Å²) in [5, 5.41) is 2.76. The Morgan fingerprint density at radius 2 is 1.45 bits per heavy atom. The largest absolute Gasteiger partial charge is 0.454 e. The molecule has 44 heavy (non-hydrogen) atoms. The number of benzene rings is 2. The number of hydrogen-bond acceptors (Lipinski definition) is 11. The highest BCUT2D eigenvalue weighted by atomic mass is 35.5. The van der Waals surface area contributed by atoms with E-state index < -0.39 is 0 Å². The number of hydrogen-bond donors (Lipinski definition) is 0. The molecule has 1 saturated heterocycles. The Balaban J connectivity index is 1.26. The minimum atomic E-state index is -0.264. The van der Waals surface area contributed by atoms with Crippen LogP contribution in [0.2, 0.25) is 10.2 Å². The second-order valence-corrected chi connectivity index (χ2v) is 13.2. The van der Waals surface area contributed by atoms with Gasteiger partial charge < -0.3 is 24.2 Å². The molecule has 10 nitrogen and oxygen atoms in total. The van der Waals surface area contributed by atoms with Gasteiger partial charge in [0, 0.05) is 83.0 Å². The van der Waals surface area contributed by atoms with Gasteiger partial charge in [-0.15, -0.1) is 0 Å². The zero-order chi connectivity index (χ0) is 30.5. The highest BCUT2D eigenvalue weighted by Crippen LogP contribution is 2.52. The zero-order valence-corrected chi connectivity index (χ0v) is 27.2. The summed E-state index contributed by atoms with van der Waals surface area (Å²) in [6.07, 6.45) is 0. The van der Waals surface area contributed by atoms with Crippen molar-refractivity contribution in [3.05, 3.63) is 74.9 Å².